The first-order chi connectivity index (χ1) is 16.9. The first-order valence-corrected chi connectivity index (χ1v) is 10.4. The van der Waals surface area contributed by atoms with Crippen LogP contribution in [-0.4, -0.2) is 54.8 Å². The van der Waals surface area contributed by atoms with Crippen molar-refractivity contribution >= 4 is 17.9 Å². The summed E-state index contributed by atoms with van der Waals surface area (Å²) in [5.74, 6) is -3.81. The maximum absolute atomic E-state index is 12.8. The zero-order valence-corrected chi connectivity index (χ0v) is 18.5. The van der Waals surface area contributed by atoms with Gasteiger partial charge in [0, 0.05) is 53.9 Å². The second-order valence-corrected chi connectivity index (χ2v) is 7.43. The Morgan fingerprint density at radius 2 is 1.23 bits per heavy atom. The van der Waals surface area contributed by atoms with Crippen LogP contribution in [0.3, 0.4) is 0 Å². The molecule has 0 spiro atoms. The van der Waals surface area contributed by atoms with Crippen LogP contribution in [0.1, 0.15) is 23.1 Å². The van der Waals surface area contributed by atoms with Gasteiger partial charge in [0.05, 0.1) is 6.42 Å². The molecule has 0 aliphatic heterocycles. The van der Waals surface area contributed by atoms with Gasteiger partial charge in [-0.15, -0.1) is 0 Å². The number of carbonyl (C=O) groups is 3. The van der Waals surface area contributed by atoms with E-state index >= 15 is 0 Å². The first kappa shape index (κ1) is 25.4. The Morgan fingerprint density at radius 1 is 0.771 bits per heavy atom. The number of aliphatic hydroxyl groups excluding tert-OH is 1. The van der Waals surface area contributed by atoms with Crippen molar-refractivity contribution in [2.45, 2.75) is 37.9 Å². The van der Waals surface area contributed by atoms with E-state index in [0.717, 1.165) is 0 Å². The van der Waals surface area contributed by atoms with Gasteiger partial charge in [-0.3, -0.25) is 19.7 Å². The minimum absolute atomic E-state index is 0.199. The fourth-order valence-corrected chi connectivity index (χ4v) is 2.87. The molecule has 0 saturated heterocycles. The van der Waals surface area contributed by atoms with Crippen LogP contribution >= 0.6 is 0 Å². The van der Waals surface area contributed by atoms with Crippen LogP contribution in [0.5, 0.6) is 0 Å². The van der Waals surface area contributed by atoms with E-state index in [9.17, 15) is 24.6 Å². The van der Waals surface area contributed by atoms with Gasteiger partial charge in [-0.05, 0) is 18.2 Å². The highest BCUT2D eigenvalue weighted by molar-refractivity contribution is 5.92. The largest absolute Gasteiger partial charge is 0.461 e. The highest BCUT2D eigenvalue weighted by Gasteiger charge is 2.51. The van der Waals surface area contributed by atoms with Gasteiger partial charge in [-0.2, -0.15) is 0 Å². The number of ether oxygens (including phenoxy) is 3. The van der Waals surface area contributed by atoms with E-state index < -0.39 is 36.0 Å². The number of aromatic nitrogens is 3. The second kappa shape index (κ2) is 12.3. The average molecular weight is 481 g/mol. The molecular weight excluding hydrogens is 458 g/mol. The smallest absolute Gasteiger partial charge is 0.342 e. The highest BCUT2D eigenvalue weighted by atomic mass is 16.6. The van der Waals surface area contributed by atoms with Crippen LogP contribution in [0.4, 0.5) is 0 Å². The van der Waals surface area contributed by atoms with Crippen molar-refractivity contribution in [3.63, 3.8) is 0 Å². The molecule has 182 valence electrons. The van der Waals surface area contributed by atoms with E-state index in [1.165, 1.54) is 37.2 Å². The van der Waals surface area contributed by atoms with Gasteiger partial charge in [-0.25, -0.2) is 9.59 Å². The second-order valence-electron chi connectivity index (χ2n) is 7.43. The van der Waals surface area contributed by atoms with Crippen LogP contribution in [0.2, 0.25) is 0 Å². The molecule has 11 nitrogen and oxygen atoms in total. The molecule has 0 aliphatic carbocycles. The summed E-state index contributed by atoms with van der Waals surface area (Å²) < 4.78 is 15.1. The molecule has 0 radical (unpaired) electrons. The fourth-order valence-electron chi connectivity index (χ4n) is 2.87. The summed E-state index contributed by atoms with van der Waals surface area (Å²) in [6, 6.07) is 9.74. The van der Waals surface area contributed by atoms with Crippen LogP contribution in [0.25, 0.3) is 0 Å². The molecule has 0 bridgehead atoms. The molecule has 0 saturated carbocycles. The maximum atomic E-state index is 12.8. The molecule has 2 unspecified atom stereocenters. The summed E-state index contributed by atoms with van der Waals surface area (Å²) in [6.07, 6.45) is 5.39. The zero-order valence-electron chi connectivity index (χ0n) is 18.5. The lowest BCUT2D eigenvalue weighted by Gasteiger charge is -2.28. The first-order valence-electron chi connectivity index (χ1n) is 10.4. The van der Waals surface area contributed by atoms with E-state index in [4.69, 9.17) is 14.2 Å². The standard InChI is InChI=1S/C24H23N3O8/c28-20(33-14-17-4-1-7-25-11-17)10-24(32,23(31)35-16-19-6-3-9-27-13-19)21(29)22(30)34-15-18-5-2-8-26-12-18/h1-9,11-13,21,29,32H,10,14-16H2. The van der Waals surface area contributed by atoms with E-state index in [2.05, 4.69) is 15.0 Å². The number of aliphatic hydroxyl groups is 2. The molecule has 0 amide bonds. The number of esters is 3. The van der Waals surface area contributed by atoms with Crippen molar-refractivity contribution in [2.75, 3.05) is 0 Å². The van der Waals surface area contributed by atoms with Gasteiger partial charge >= 0.3 is 17.9 Å². The van der Waals surface area contributed by atoms with Gasteiger partial charge in [0.2, 0.25) is 5.60 Å². The molecule has 2 atom stereocenters. The summed E-state index contributed by atoms with van der Waals surface area (Å²) in [7, 11) is 0. The summed E-state index contributed by atoms with van der Waals surface area (Å²) in [4.78, 5) is 49.3. The average Bonchev–Trinajstić information content (AvgIpc) is 2.90. The Kier molecular flexibility index (Phi) is 8.93. The van der Waals surface area contributed by atoms with Crippen LogP contribution in [0.15, 0.2) is 73.6 Å². The molecule has 3 aromatic rings. The van der Waals surface area contributed by atoms with Gasteiger partial charge in [0.15, 0.2) is 6.10 Å². The molecule has 0 aromatic carbocycles. The normalized spacial score (nSPS) is 13.2. The predicted molar refractivity (Wildman–Crippen MR) is 118 cm³/mol. The summed E-state index contributed by atoms with van der Waals surface area (Å²) in [5.41, 5.74) is -1.43. The molecule has 2 N–H and O–H groups in total. The Bertz CT molecular complexity index is 1120. The minimum atomic E-state index is -2.97. The van der Waals surface area contributed by atoms with Crippen molar-refractivity contribution in [3.05, 3.63) is 90.3 Å². The topological polar surface area (TPSA) is 158 Å². The van der Waals surface area contributed by atoms with Crippen molar-refractivity contribution in [1.29, 1.82) is 0 Å². The van der Waals surface area contributed by atoms with Gasteiger partial charge < -0.3 is 24.4 Å². The third-order valence-electron chi connectivity index (χ3n) is 4.76. The third-order valence-corrected chi connectivity index (χ3v) is 4.76. The van der Waals surface area contributed by atoms with E-state index in [-0.39, 0.29) is 19.8 Å². The number of pyridine rings is 3. The molecule has 3 heterocycles. The molecule has 11 heteroatoms. The Hall–Kier alpha value is -4.22. The Labute approximate surface area is 200 Å². The van der Waals surface area contributed by atoms with Crippen molar-refractivity contribution < 1.29 is 38.8 Å². The van der Waals surface area contributed by atoms with Gasteiger partial charge in [-0.1, -0.05) is 18.2 Å². The zero-order chi connectivity index (χ0) is 25.1. The maximum Gasteiger partial charge on any atom is 0.342 e. The molecule has 0 fully saturated rings. The molecule has 35 heavy (non-hydrogen) atoms. The summed E-state index contributed by atoms with van der Waals surface area (Å²) in [6.45, 7) is -0.803. The van der Waals surface area contributed by atoms with Crippen molar-refractivity contribution in [1.82, 2.24) is 15.0 Å². The van der Waals surface area contributed by atoms with Gasteiger partial charge in [0.25, 0.3) is 0 Å². The lowest BCUT2D eigenvalue weighted by Crippen LogP contribution is -2.55. The van der Waals surface area contributed by atoms with E-state index in [1.54, 1.807) is 36.4 Å². The van der Waals surface area contributed by atoms with E-state index in [1.807, 2.05) is 0 Å². The highest BCUT2D eigenvalue weighted by Crippen LogP contribution is 2.22. The fraction of sp³-hybridized carbons (Fsp3) is 0.250. The van der Waals surface area contributed by atoms with Crippen molar-refractivity contribution in [2.24, 2.45) is 0 Å². The van der Waals surface area contributed by atoms with Crippen molar-refractivity contribution in [3.8, 4) is 0 Å². The molecule has 0 aliphatic rings. The number of rotatable bonds is 11. The van der Waals surface area contributed by atoms with Crippen LogP contribution in [-0.2, 0) is 48.4 Å². The van der Waals surface area contributed by atoms with E-state index in [0.29, 0.717) is 16.7 Å². The number of hydrogen-bond donors (Lipinski definition) is 2. The molecule has 3 rings (SSSR count). The quantitative estimate of drug-likeness (QED) is 0.296. The number of nitrogens with zero attached hydrogens (tertiary/aromatic N) is 3. The summed E-state index contributed by atoms with van der Waals surface area (Å²) >= 11 is 0. The Morgan fingerprint density at radius 3 is 1.69 bits per heavy atom. The third kappa shape index (κ3) is 7.39. The van der Waals surface area contributed by atoms with Crippen LogP contribution in [0, 0.1) is 0 Å². The SMILES string of the molecule is O=C(CC(O)(C(=O)OCc1cccnc1)C(O)C(=O)OCc1cccnc1)OCc1cccnc1. The number of hydrogen-bond acceptors (Lipinski definition) is 11. The monoisotopic (exact) mass is 481 g/mol. The molecular formula is C24H23N3O8. The van der Waals surface area contributed by atoms with Gasteiger partial charge in [0.1, 0.15) is 19.8 Å². The minimum Gasteiger partial charge on any atom is -0.461 e. The Balaban J connectivity index is 1.70. The lowest BCUT2D eigenvalue weighted by molar-refractivity contribution is -0.196. The summed E-state index contributed by atoms with van der Waals surface area (Å²) in [5, 5.41) is 21.5. The van der Waals surface area contributed by atoms with Crippen LogP contribution < -0.4 is 0 Å². The molecule has 3 aromatic heterocycles. The lowest BCUT2D eigenvalue weighted by atomic mass is 9.92. The predicted octanol–water partition coefficient (Wildman–Crippen LogP) is 0.884. The number of carbonyl (C=O) groups excluding carboxylic acids is 3.